The van der Waals surface area contributed by atoms with Crippen molar-refractivity contribution in [3.63, 3.8) is 0 Å². The summed E-state index contributed by atoms with van der Waals surface area (Å²) in [6.07, 6.45) is 4.70. The summed E-state index contributed by atoms with van der Waals surface area (Å²) >= 11 is 0. The molecule has 0 aliphatic heterocycles. The molecule has 1 aliphatic carbocycles. The van der Waals surface area contributed by atoms with Crippen LogP contribution < -0.4 is 0 Å². The van der Waals surface area contributed by atoms with Crippen molar-refractivity contribution < 1.29 is 9.59 Å². The number of ketones is 2. The number of allylic oxidation sites excluding steroid dienone is 2. The van der Waals surface area contributed by atoms with Crippen molar-refractivity contribution in [2.75, 3.05) is 0 Å². The van der Waals surface area contributed by atoms with Crippen LogP contribution in [0, 0.1) is 0 Å². The van der Waals surface area contributed by atoms with Gasteiger partial charge in [-0.1, -0.05) is 36.4 Å². The molecular formula is C16H18O2. The van der Waals surface area contributed by atoms with Gasteiger partial charge >= 0.3 is 0 Å². The highest BCUT2D eigenvalue weighted by atomic mass is 16.1. The van der Waals surface area contributed by atoms with Gasteiger partial charge in [-0.15, -0.1) is 0 Å². The molecule has 1 aromatic rings. The third kappa shape index (κ3) is 2.95. The summed E-state index contributed by atoms with van der Waals surface area (Å²) in [6.45, 7) is 1.59. The fourth-order valence-corrected chi connectivity index (χ4v) is 2.49. The lowest BCUT2D eigenvalue weighted by molar-refractivity contribution is -0.117. The molecule has 94 valence electrons. The van der Waals surface area contributed by atoms with Gasteiger partial charge in [0.15, 0.2) is 5.78 Å². The van der Waals surface area contributed by atoms with Gasteiger partial charge in [0.2, 0.25) is 0 Å². The van der Waals surface area contributed by atoms with Gasteiger partial charge < -0.3 is 4.79 Å². The number of Topliss-reactive ketones (excluding diaryl/α,β-unsaturated/α-hetero) is 2. The Balaban J connectivity index is 2.15. The van der Waals surface area contributed by atoms with Gasteiger partial charge in [-0.2, -0.15) is 0 Å². The molecular weight excluding hydrogens is 224 g/mol. The molecule has 2 rings (SSSR count). The van der Waals surface area contributed by atoms with Gasteiger partial charge in [0.05, 0.1) is 0 Å². The zero-order chi connectivity index (χ0) is 13.0. The largest absolute Gasteiger partial charge is 0.300 e. The maximum atomic E-state index is 11.9. The molecule has 1 atom stereocenters. The second-order valence-electron chi connectivity index (χ2n) is 4.83. The third-order valence-corrected chi connectivity index (χ3v) is 3.42. The normalized spacial score (nSPS) is 21.5. The quantitative estimate of drug-likeness (QED) is 0.758. The van der Waals surface area contributed by atoms with Crippen LogP contribution in [0.2, 0.25) is 0 Å². The minimum absolute atomic E-state index is 0.175. The SMILES string of the molecule is CC(=O)CC/C=C1/C(=O)CCC1c1ccccc1. The van der Waals surface area contributed by atoms with Crippen molar-refractivity contribution >= 4 is 11.6 Å². The van der Waals surface area contributed by atoms with Crippen LogP contribution >= 0.6 is 0 Å². The highest BCUT2D eigenvalue weighted by Gasteiger charge is 2.28. The molecule has 2 nitrogen and oxygen atoms in total. The number of hydrogen-bond acceptors (Lipinski definition) is 2. The van der Waals surface area contributed by atoms with Crippen LogP contribution in [-0.4, -0.2) is 11.6 Å². The van der Waals surface area contributed by atoms with Crippen LogP contribution in [0.15, 0.2) is 42.0 Å². The Morgan fingerprint density at radius 1 is 1.33 bits per heavy atom. The molecule has 1 saturated carbocycles. The number of benzene rings is 1. The first-order valence-electron chi connectivity index (χ1n) is 6.46. The fourth-order valence-electron chi connectivity index (χ4n) is 2.49. The Morgan fingerprint density at radius 3 is 2.72 bits per heavy atom. The molecule has 2 heteroatoms. The van der Waals surface area contributed by atoms with Gasteiger partial charge in [-0.05, 0) is 30.9 Å². The molecule has 0 aromatic heterocycles. The minimum Gasteiger partial charge on any atom is -0.300 e. The topological polar surface area (TPSA) is 34.1 Å². The number of carbonyl (C=O) groups excluding carboxylic acids is 2. The molecule has 1 aromatic carbocycles. The predicted molar refractivity (Wildman–Crippen MR) is 71.4 cm³/mol. The van der Waals surface area contributed by atoms with Gasteiger partial charge in [-0.25, -0.2) is 0 Å². The maximum absolute atomic E-state index is 11.9. The van der Waals surface area contributed by atoms with Crippen LogP contribution in [0.4, 0.5) is 0 Å². The summed E-state index contributed by atoms with van der Waals surface area (Å²) in [5, 5.41) is 0. The summed E-state index contributed by atoms with van der Waals surface area (Å²) in [6, 6.07) is 10.1. The Kier molecular flexibility index (Phi) is 4.08. The smallest absolute Gasteiger partial charge is 0.159 e. The molecule has 18 heavy (non-hydrogen) atoms. The molecule has 0 bridgehead atoms. The van der Waals surface area contributed by atoms with Crippen molar-refractivity contribution in [3.8, 4) is 0 Å². The maximum Gasteiger partial charge on any atom is 0.159 e. The first-order valence-corrected chi connectivity index (χ1v) is 6.46. The minimum atomic E-state index is 0.175. The lowest BCUT2D eigenvalue weighted by Crippen LogP contribution is -2.01. The van der Waals surface area contributed by atoms with Crippen LogP contribution in [0.25, 0.3) is 0 Å². The van der Waals surface area contributed by atoms with Crippen molar-refractivity contribution in [1.29, 1.82) is 0 Å². The van der Waals surface area contributed by atoms with E-state index in [2.05, 4.69) is 12.1 Å². The zero-order valence-electron chi connectivity index (χ0n) is 10.7. The second-order valence-corrected chi connectivity index (χ2v) is 4.83. The summed E-state index contributed by atoms with van der Waals surface area (Å²) in [7, 11) is 0. The molecule has 0 saturated heterocycles. The van der Waals surface area contributed by atoms with E-state index < -0.39 is 0 Å². The third-order valence-electron chi connectivity index (χ3n) is 3.42. The van der Waals surface area contributed by atoms with E-state index in [9.17, 15) is 9.59 Å². The predicted octanol–water partition coefficient (Wildman–Crippen LogP) is 3.43. The fraction of sp³-hybridized carbons (Fsp3) is 0.375. The number of carbonyl (C=O) groups is 2. The van der Waals surface area contributed by atoms with E-state index in [1.54, 1.807) is 6.92 Å². The monoisotopic (exact) mass is 242 g/mol. The second kappa shape index (κ2) is 5.76. The standard InChI is InChI=1S/C16H18O2/c1-12(17)6-5-9-15-14(10-11-16(15)18)13-7-3-2-4-8-13/h2-4,7-9,14H,5-6,10-11H2,1H3/b15-9+. The van der Waals surface area contributed by atoms with E-state index >= 15 is 0 Å². The van der Waals surface area contributed by atoms with E-state index in [1.807, 2.05) is 24.3 Å². The molecule has 0 spiro atoms. The van der Waals surface area contributed by atoms with Crippen LogP contribution in [-0.2, 0) is 9.59 Å². The first-order chi connectivity index (χ1) is 8.68. The van der Waals surface area contributed by atoms with E-state index in [0.29, 0.717) is 19.3 Å². The average molecular weight is 242 g/mol. The van der Waals surface area contributed by atoms with Crippen LogP contribution in [0.3, 0.4) is 0 Å². The van der Waals surface area contributed by atoms with E-state index in [4.69, 9.17) is 0 Å². The van der Waals surface area contributed by atoms with Crippen molar-refractivity contribution in [1.82, 2.24) is 0 Å². The van der Waals surface area contributed by atoms with Crippen molar-refractivity contribution in [3.05, 3.63) is 47.5 Å². The highest BCUT2D eigenvalue weighted by Crippen LogP contribution is 2.37. The Hall–Kier alpha value is -1.70. The van der Waals surface area contributed by atoms with E-state index in [0.717, 1.165) is 12.0 Å². The number of rotatable bonds is 4. The van der Waals surface area contributed by atoms with E-state index in [-0.39, 0.29) is 17.5 Å². The summed E-state index contributed by atoms with van der Waals surface area (Å²) < 4.78 is 0. The Morgan fingerprint density at radius 2 is 2.06 bits per heavy atom. The first kappa shape index (κ1) is 12.7. The molecule has 0 heterocycles. The molecule has 0 radical (unpaired) electrons. The van der Waals surface area contributed by atoms with Gasteiger partial charge in [-0.3, -0.25) is 4.79 Å². The van der Waals surface area contributed by atoms with Crippen LogP contribution in [0.5, 0.6) is 0 Å². The summed E-state index contributed by atoms with van der Waals surface area (Å²) in [4.78, 5) is 22.8. The lowest BCUT2D eigenvalue weighted by Gasteiger charge is -2.11. The number of hydrogen-bond donors (Lipinski definition) is 0. The Labute approximate surface area is 108 Å². The molecule has 1 fully saturated rings. The van der Waals surface area contributed by atoms with Crippen LogP contribution in [0.1, 0.15) is 44.1 Å². The molecule has 0 N–H and O–H groups in total. The van der Waals surface area contributed by atoms with Crippen molar-refractivity contribution in [2.24, 2.45) is 0 Å². The Bertz CT molecular complexity index is 471. The van der Waals surface area contributed by atoms with E-state index in [1.165, 1.54) is 5.56 Å². The molecule has 1 unspecified atom stereocenters. The zero-order valence-corrected chi connectivity index (χ0v) is 10.7. The molecule has 1 aliphatic rings. The van der Waals surface area contributed by atoms with Gasteiger partial charge in [0.1, 0.15) is 5.78 Å². The van der Waals surface area contributed by atoms with Gasteiger partial charge in [0.25, 0.3) is 0 Å². The highest BCUT2D eigenvalue weighted by molar-refractivity contribution is 5.99. The average Bonchev–Trinajstić information content (AvgIpc) is 2.72. The van der Waals surface area contributed by atoms with Crippen molar-refractivity contribution in [2.45, 2.75) is 38.5 Å². The lowest BCUT2D eigenvalue weighted by atomic mass is 9.92. The summed E-state index contributed by atoms with van der Waals surface area (Å²) in [5.41, 5.74) is 2.11. The summed E-state index contributed by atoms with van der Waals surface area (Å²) in [5.74, 6) is 0.645. The van der Waals surface area contributed by atoms with Gasteiger partial charge in [0, 0.05) is 18.8 Å². The molecule has 0 amide bonds.